The van der Waals surface area contributed by atoms with Gasteiger partial charge < -0.3 is 14.6 Å². The van der Waals surface area contributed by atoms with Gasteiger partial charge in [-0.25, -0.2) is 0 Å². The zero-order valence-electron chi connectivity index (χ0n) is 15.5. The monoisotopic (exact) mass is 356 g/mol. The molecule has 1 aromatic heterocycles. The number of aromatic amines is 1. The molecule has 1 heterocycles. The normalized spacial score (nSPS) is 15.1. The Bertz CT molecular complexity index is 747. The quantitative estimate of drug-likeness (QED) is 0.767. The number of H-pyrrole nitrogens is 1. The summed E-state index contributed by atoms with van der Waals surface area (Å²) in [4.78, 5) is 29.6. The molecule has 0 bridgehead atoms. The number of amides is 1. The molecule has 2 aromatic rings. The van der Waals surface area contributed by atoms with Gasteiger partial charge in [-0.05, 0) is 37.8 Å². The maximum Gasteiger partial charge on any atom is 0.306 e. The third-order valence-corrected chi connectivity index (χ3v) is 5.31. The van der Waals surface area contributed by atoms with E-state index >= 15 is 0 Å². The maximum absolute atomic E-state index is 12.4. The molecular formula is C21H28N2O3. The number of aromatic nitrogens is 1. The number of hydrogen-bond acceptors (Lipinski definition) is 3. The highest BCUT2D eigenvalue weighted by molar-refractivity contribution is 5.84. The van der Waals surface area contributed by atoms with E-state index in [-0.39, 0.29) is 24.9 Å². The fourth-order valence-electron chi connectivity index (χ4n) is 3.90. The van der Waals surface area contributed by atoms with Crippen LogP contribution in [0.25, 0.3) is 10.9 Å². The van der Waals surface area contributed by atoms with Gasteiger partial charge in [-0.3, -0.25) is 9.59 Å². The Labute approximate surface area is 154 Å². The van der Waals surface area contributed by atoms with Crippen LogP contribution in [0.3, 0.4) is 0 Å². The molecule has 0 saturated heterocycles. The van der Waals surface area contributed by atoms with Crippen LogP contribution in [-0.2, 0) is 20.7 Å². The Hall–Kier alpha value is -2.30. The van der Waals surface area contributed by atoms with Gasteiger partial charge in [0, 0.05) is 36.1 Å². The number of rotatable bonds is 7. The SMILES string of the molecule is CCN(C(=O)COC(=O)CCc1c[nH]c2ccccc12)C1CCCCC1. The summed E-state index contributed by atoms with van der Waals surface area (Å²) < 4.78 is 5.25. The summed E-state index contributed by atoms with van der Waals surface area (Å²) in [7, 11) is 0. The molecule has 140 valence electrons. The molecule has 5 heteroatoms. The lowest BCUT2D eigenvalue weighted by Gasteiger charge is -2.33. The number of esters is 1. The summed E-state index contributed by atoms with van der Waals surface area (Å²) in [6.45, 7) is 2.53. The lowest BCUT2D eigenvalue weighted by atomic mass is 9.94. The predicted octanol–water partition coefficient (Wildman–Crippen LogP) is 3.82. The van der Waals surface area contributed by atoms with Crippen LogP contribution < -0.4 is 0 Å². The van der Waals surface area contributed by atoms with Crippen LogP contribution in [0.5, 0.6) is 0 Å². The first-order valence-corrected chi connectivity index (χ1v) is 9.69. The van der Waals surface area contributed by atoms with Crippen molar-refractivity contribution in [2.45, 2.75) is 57.9 Å². The topological polar surface area (TPSA) is 62.4 Å². The number of fused-ring (bicyclic) bond motifs is 1. The van der Waals surface area contributed by atoms with Gasteiger partial charge in [0.05, 0.1) is 0 Å². The van der Waals surface area contributed by atoms with Crippen LogP contribution in [0.4, 0.5) is 0 Å². The molecule has 0 unspecified atom stereocenters. The van der Waals surface area contributed by atoms with E-state index in [4.69, 9.17) is 4.74 Å². The number of carbonyl (C=O) groups is 2. The lowest BCUT2D eigenvalue weighted by Crippen LogP contribution is -2.43. The fourth-order valence-corrected chi connectivity index (χ4v) is 3.90. The molecule has 0 radical (unpaired) electrons. The Morgan fingerprint density at radius 3 is 2.73 bits per heavy atom. The van der Waals surface area contributed by atoms with Crippen molar-refractivity contribution in [2.75, 3.05) is 13.2 Å². The number of hydrogen-bond donors (Lipinski definition) is 1. The molecular weight excluding hydrogens is 328 g/mol. The number of benzene rings is 1. The van der Waals surface area contributed by atoms with Crippen molar-refractivity contribution in [1.82, 2.24) is 9.88 Å². The van der Waals surface area contributed by atoms with E-state index in [1.54, 1.807) is 0 Å². The van der Waals surface area contributed by atoms with E-state index < -0.39 is 0 Å². The van der Waals surface area contributed by atoms with Crippen molar-refractivity contribution in [2.24, 2.45) is 0 Å². The number of aryl methyl sites for hydroxylation is 1. The van der Waals surface area contributed by atoms with Crippen molar-refractivity contribution >= 4 is 22.8 Å². The van der Waals surface area contributed by atoms with Crippen molar-refractivity contribution in [3.8, 4) is 0 Å². The fraction of sp³-hybridized carbons (Fsp3) is 0.524. The summed E-state index contributed by atoms with van der Waals surface area (Å²) in [5, 5.41) is 1.13. The second-order valence-corrected chi connectivity index (χ2v) is 6.99. The van der Waals surface area contributed by atoms with E-state index in [9.17, 15) is 9.59 Å². The average Bonchev–Trinajstić information content (AvgIpc) is 3.09. The predicted molar refractivity (Wildman–Crippen MR) is 102 cm³/mol. The van der Waals surface area contributed by atoms with Gasteiger partial charge in [-0.2, -0.15) is 0 Å². The van der Waals surface area contributed by atoms with Gasteiger partial charge >= 0.3 is 5.97 Å². The Morgan fingerprint density at radius 1 is 1.19 bits per heavy atom. The Kier molecular flexibility index (Phi) is 6.31. The molecule has 0 aliphatic heterocycles. The Morgan fingerprint density at radius 2 is 1.96 bits per heavy atom. The third kappa shape index (κ3) is 4.45. The van der Waals surface area contributed by atoms with E-state index in [2.05, 4.69) is 4.98 Å². The molecule has 1 saturated carbocycles. The number of likely N-dealkylation sites (N-methyl/N-ethyl adjacent to an activating group) is 1. The summed E-state index contributed by atoms with van der Waals surface area (Å²) in [6.07, 6.45) is 8.57. The molecule has 1 fully saturated rings. The van der Waals surface area contributed by atoms with Crippen molar-refractivity contribution in [1.29, 1.82) is 0 Å². The minimum Gasteiger partial charge on any atom is -0.456 e. The van der Waals surface area contributed by atoms with Crippen LogP contribution in [-0.4, -0.2) is 41.0 Å². The van der Waals surface area contributed by atoms with Crippen LogP contribution in [0, 0.1) is 0 Å². The molecule has 5 nitrogen and oxygen atoms in total. The largest absolute Gasteiger partial charge is 0.456 e. The smallest absolute Gasteiger partial charge is 0.306 e. The molecule has 1 aromatic carbocycles. The van der Waals surface area contributed by atoms with E-state index in [0.717, 1.165) is 29.3 Å². The zero-order valence-corrected chi connectivity index (χ0v) is 15.5. The molecule has 1 amide bonds. The molecule has 26 heavy (non-hydrogen) atoms. The van der Waals surface area contributed by atoms with Crippen LogP contribution in [0.1, 0.15) is 51.0 Å². The second kappa shape index (κ2) is 8.88. The first kappa shape index (κ1) is 18.5. The number of nitrogens with one attached hydrogen (secondary N) is 1. The van der Waals surface area contributed by atoms with Gasteiger partial charge in [0.15, 0.2) is 6.61 Å². The standard InChI is InChI=1S/C21H28N2O3/c1-2-23(17-8-4-3-5-9-17)20(24)15-26-21(25)13-12-16-14-22-19-11-7-6-10-18(16)19/h6-7,10-11,14,17,22H,2-5,8-9,12-13,15H2,1H3. The van der Waals surface area contributed by atoms with E-state index in [1.807, 2.05) is 42.3 Å². The number of ether oxygens (including phenoxy) is 1. The molecule has 1 aliphatic rings. The molecule has 0 spiro atoms. The first-order chi connectivity index (χ1) is 12.7. The summed E-state index contributed by atoms with van der Waals surface area (Å²) in [5.41, 5.74) is 2.17. The number of carbonyl (C=O) groups excluding carboxylic acids is 2. The third-order valence-electron chi connectivity index (χ3n) is 5.31. The zero-order chi connectivity index (χ0) is 18.4. The minimum absolute atomic E-state index is 0.0696. The van der Waals surface area contributed by atoms with Gasteiger partial charge in [-0.1, -0.05) is 37.5 Å². The van der Waals surface area contributed by atoms with Gasteiger partial charge in [-0.15, -0.1) is 0 Å². The molecule has 3 rings (SSSR count). The number of para-hydroxylation sites is 1. The van der Waals surface area contributed by atoms with Crippen LogP contribution in [0.15, 0.2) is 30.5 Å². The maximum atomic E-state index is 12.4. The van der Waals surface area contributed by atoms with Crippen molar-refractivity contribution < 1.29 is 14.3 Å². The van der Waals surface area contributed by atoms with Gasteiger partial charge in [0.25, 0.3) is 5.91 Å². The van der Waals surface area contributed by atoms with Crippen molar-refractivity contribution in [3.63, 3.8) is 0 Å². The summed E-state index contributed by atoms with van der Waals surface area (Å²) in [6, 6.07) is 8.33. The molecule has 1 aliphatic carbocycles. The van der Waals surface area contributed by atoms with E-state index in [1.165, 1.54) is 19.3 Å². The highest BCUT2D eigenvalue weighted by atomic mass is 16.5. The van der Waals surface area contributed by atoms with Gasteiger partial charge in [0.2, 0.25) is 0 Å². The molecule has 1 N–H and O–H groups in total. The second-order valence-electron chi connectivity index (χ2n) is 6.99. The lowest BCUT2D eigenvalue weighted by molar-refractivity contribution is -0.153. The first-order valence-electron chi connectivity index (χ1n) is 9.69. The van der Waals surface area contributed by atoms with Crippen LogP contribution in [0.2, 0.25) is 0 Å². The van der Waals surface area contributed by atoms with Crippen molar-refractivity contribution in [3.05, 3.63) is 36.0 Å². The average molecular weight is 356 g/mol. The Balaban J connectivity index is 1.46. The van der Waals surface area contributed by atoms with E-state index in [0.29, 0.717) is 19.0 Å². The van der Waals surface area contributed by atoms with Gasteiger partial charge in [0.1, 0.15) is 0 Å². The number of nitrogens with zero attached hydrogens (tertiary/aromatic N) is 1. The molecule has 0 atom stereocenters. The summed E-state index contributed by atoms with van der Waals surface area (Å²) >= 11 is 0. The highest BCUT2D eigenvalue weighted by Gasteiger charge is 2.24. The highest BCUT2D eigenvalue weighted by Crippen LogP contribution is 2.23. The minimum atomic E-state index is -0.316. The summed E-state index contributed by atoms with van der Waals surface area (Å²) in [5.74, 6) is -0.386. The van der Waals surface area contributed by atoms with Crippen LogP contribution >= 0.6 is 0 Å².